The van der Waals surface area contributed by atoms with Crippen LogP contribution in [0.15, 0.2) is 0 Å². The fraction of sp³-hybridized carbons (Fsp3) is 0.818. The van der Waals surface area contributed by atoms with Crippen molar-refractivity contribution in [3.8, 4) is 0 Å². The summed E-state index contributed by atoms with van der Waals surface area (Å²) in [5, 5.41) is 0. The Balaban J connectivity index is 3.36. The number of alkyl halides is 2. The van der Waals surface area contributed by atoms with Gasteiger partial charge in [-0.05, 0) is 19.3 Å². The Morgan fingerprint density at radius 1 is 0.765 bits per heavy atom. The molecule has 0 aliphatic heterocycles. The number of ether oxygens (including phenoxy) is 2. The Hall–Kier alpha value is -0.480. The topological polar surface area (TPSA) is 52.6 Å². The number of rotatable bonds is 10. The van der Waals surface area contributed by atoms with Crippen molar-refractivity contribution < 1.29 is 19.1 Å². The SMILES string of the molecule is O=C(CCCC(=O)OCCCCl)OCCCCl. The van der Waals surface area contributed by atoms with Crippen LogP contribution in [0.3, 0.4) is 0 Å². The number of hydrogen-bond donors (Lipinski definition) is 0. The molecule has 0 fully saturated rings. The smallest absolute Gasteiger partial charge is 0.305 e. The minimum absolute atomic E-state index is 0.229. The molecule has 0 saturated carbocycles. The first kappa shape index (κ1) is 16.5. The van der Waals surface area contributed by atoms with Crippen LogP contribution in [0.1, 0.15) is 32.1 Å². The van der Waals surface area contributed by atoms with Gasteiger partial charge in [-0.2, -0.15) is 0 Å². The summed E-state index contributed by atoms with van der Waals surface area (Å²) < 4.78 is 9.74. The molecule has 0 heterocycles. The van der Waals surface area contributed by atoms with Crippen LogP contribution in [0.4, 0.5) is 0 Å². The van der Waals surface area contributed by atoms with E-state index in [0.29, 0.717) is 44.2 Å². The maximum atomic E-state index is 11.1. The van der Waals surface area contributed by atoms with Crippen molar-refractivity contribution in [2.24, 2.45) is 0 Å². The van der Waals surface area contributed by atoms with Gasteiger partial charge < -0.3 is 9.47 Å². The van der Waals surface area contributed by atoms with Crippen molar-refractivity contribution in [1.82, 2.24) is 0 Å². The average Bonchev–Trinajstić information content (AvgIpc) is 2.30. The highest BCUT2D eigenvalue weighted by Crippen LogP contribution is 2.01. The van der Waals surface area contributed by atoms with Crippen LogP contribution >= 0.6 is 23.2 Å². The van der Waals surface area contributed by atoms with Crippen molar-refractivity contribution in [2.75, 3.05) is 25.0 Å². The fourth-order valence-corrected chi connectivity index (χ4v) is 1.22. The molecule has 0 rings (SSSR count). The van der Waals surface area contributed by atoms with E-state index in [2.05, 4.69) is 0 Å². The van der Waals surface area contributed by atoms with Gasteiger partial charge in [-0.3, -0.25) is 9.59 Å². The van der Waals surface area contributed by atoms with Gasteiger partial charge in [0.1, 0.15) is 0 Å². The molecule has 0 aliphatic carbocycles. The second-order valence-electron chi connectivity index (χ2n) is 3.38. The fourth-order valence-electron chi connectivity index (χ4n) is 1.00. The molecule has 0 aliphatic rings. The van der Waals surface area contributed by atoms with Gasteiger partial charge in [-0.25, -0.2) is 0 Å². The first-order valence-corrected chi connectivity index (χ1v) is 6.70. The minimum Gasteiger partial charge on any atom is -0.466 e. The molecule has 0 aromatic rings. The summed E-state index contributed by atoms with van der Waals surface area (Å²) in [7, 11) is 0. The van der Waals surface area contributed by atoms with E-state index in [1.54, 1.807) is 0 Å². The summed E-state index contributed by atoms with van der Waals surface area (Å²) in [6.07, 6.45) is 2.20. The van der Waals surface area contributed by atoms with E-state index >= 15 is 0 Å². The molecular formula is C11H18Cl2O4. The lowest BCUT2D eigenvalue weighted by Gasteiger charge is -2.04. The molecule has 100 valence electrons. The zero-order chi connectivity index (χ0) is 12.9. The summed E-state index contributed by atoms with van der Waals surface area (Å²) in [4.78, 5) is 22.2. The molecule has 0 aromatic heterocycles. The van der Waals surface area contributed by atoms with Gasteiger partial charge >= 0.3 is 11.9 Å². The van der Waals surface area contributed by atoms with Gasteiger partial charge in [0, 0.05) is 24.6 Å². The molecule has 0 bridgehead atoms. The molecule has 0 unspecified atom stereocenters. The number of halogens is 2. The summed E-state index contributed by atoms with van der Waals surface area (Å²) >= 11 is 10.9. The summed E-state index contributed by atoms with van der Waals surface area (Å²) in [5.74, 6) is 0.340. The molecule has 0 amide bonds. The van der Waals surface area contributed by atoms with E-state index in [0.717, 1.165) is 0 Å². The van der Waals surface area contributed by atoms with E-state index in [-0.39, 0.29) is 24.8 Å². The maximum absolute atomic E-state index is 11.1. The maximum Gasteiger partial charge on any atom is 0.305 e. The van der Waals surface area contributed by atoms with Gasteiger partial charge in [0.2, 0.25) is 0 Å². The highest BCUT2D eigenvalue weighted by molar-refractivity contribution is 6.18. The van der Waals surface area contributed by atoms with Crippen LogP contribution in [-0.4, -0.2) is 36.9 Å². The number of carbonyl (C=O) groups excluding carboxylic acids is 2. The lowest BCUT2D eigenvalue weighted by Crippen LogP contribution is -2.09. The van der Waals surface area contributed by atoms with Crippen molar-refractivity contribution in [3.05, 3.63) is 0 Å². The zero-order valence-electron chi connectivity index (χ0n) is 9.75. The molecule has 17 heavy (non-hydrogen) atoms. The van der Waals surface area contributed by atoms with E-state index < -0.39 is 0 Å². The van der Waals surface area contributed by atoms with Crippen molar-refractivity contribution in [3.63, 3.8) is 0 Å². The second-order valence-corrected chi connectivity index (χ2v) is 4.14. The third-order valence-electron chi connectivity index (χ3n) is 1.84. The lowest BCUT2D eigenvalue weighted by atomic mass is 10.2. The van der Waals surface area contributed by atoms with Crippen LogP contribution in [0.5, 0.6) is 0 Å². The highest BCUT2D eigenvalue weighted by Gasteiger charge is 2.06. The number of esters is 2. The molecular weight excluding hydrogens is 267 g/mol. The van der Waals surface area contributed by atoms with Crippen LogP contribution in [0, 0.1) is 0 Å². The van der Waals surface area contributed by atoms with E-state index in [1.807, 2.05) is 0 Å². The van der Waals surface area contributed by atoms with Gasteiger partial charge in [0.05, 0.1) is 13.2 Å². The Morgan fingerprint density at radius 3 is 1.53 bits per heavy atom. The predicted molar refractivity (Wildman–Crippen MR) is 66.4 cm³/mol. The summed E-state index contributed by atoms with van der Waals surface area (Å²) in [6, 6.07) is 0. The van der Waals surface area contributed by atoms with Gasteiger partial charge in [-0.1, -0.05) is 0 Å². The Labute approximate surface area is 112 Å². The van der Waals surface area contributed by atoms with Gasteiger partial charge in [0.25, 0.3) is 0 Å². The van der Waals surface area contributed by atoms with Gasteiger partial charge in [0.15, 0.2) is 0 Å². The monoisotopic (exact) mass is 284 g/mol. The van der Waals surface area contributed by atoms with Crippen LogP contribution in [0.2, 0.25) is 0 Å². The molecule has 0 radical (unpaired) electrons. The first-order chi connectivity index (χ1) is 8.20. The third kappa shape index (κ3) is 11.8. The van der Waals surface area contributed by atoms with Crippen molar-refractivity contribution >= 4 is 35.1 Å². The third-order valence-corrected chi connectivity index (χ3v) is 2.38. The number of carbonyl (C=O) groups is 2. The Morgan fingerprint density at radius 2 is 1.18 bits per heavy atom. The lowest BCUT2D eigenvalue weighted by molar-refractivity contribution is -0.145. The van der Waals surface area contributed by atoms with Gasteiger partial charge in [-0.15, -0.1) is 23.2 Å². The van der Waals surface area contributed by atoms with Crippen molar-refractivity contribution in [1.29, 1.82) is 0 Å². The minimum atomic E-state index is -0.302. The Bertz CT molecular complexity index is 200. The van der Waals surface area contributed by atoms with Crippen molar-refractivity contribution in [2.45, 2.75) is 32.1 Å². The number of hydrogen-bond acceptors (Lipinski definition) is 4. The quantitative estimate of drug-likeness (QED) is 0.351. The average molecular weight is 285 g/mol. The highest BCUT2D eigenvalue weighted by atomic mass is 35.5. The molecule has 0 spiro atoms. The molecule has 6 heteroatoms. The molecule has 4 nitrogen and oxygen atoms in total. The zero-order valence-corrected chi connectivity index (χ0v) is 11.3. The Kier molecular flexibility index (Phi) is 11.7. The summed E-state index contributed by atoms with van der Waals surface area (Å²) in [5.41, 5.74) is 0. The van der Waals surface area contributed by atoms with Crippen LogP contribution in [0.25, 0.3) is 0 Å². The van der Waals surface area contributed by atoms with E-state index in [4.69, 9.17) is 32.7 Å². The molecule has 0 N–H and O–H groups in total. The molecule has 0 atom stereocenters. The van der Waals surface area contributed by atoms with Crippen LogP contribution < -0.4 is 0 Å². The normalized spacial score (nSPS) is 10.0. The summed E-state index contributed by atoms with van der Waals surface area (Å²) in [6.45, 7) is 0.672. The molecule has 0 saturated heterocycles. The van der Waals surface area contributed by atoms with E-state index in [9.17, 15) is 9.59 Å². The van der Waals surface area contributed by atoms with E-state index in [1.165, 1.54) is 0 Å². The standard InChI is InChI=1S/C11H18Cl2O4/c12-6-2-8-16-10(14)4-1-5-11(15)17-9-3-7-13/h1-9H2. The van der Waals surface area contributed by atoms with Crippen LogP contribution in [-0.2, 0) is 19.1 Å². The first-order valence-electron chi connectivity index (χ1n) is 5.64. The predicted octanol–water partition coefficient (Wildman–Crippen LogP) is 2.50. The second kappa shape index (κ2) is 12.0. The largest absolute Gasteiger partial charge is 0.466 e. The molecule has 0 aromatic carbocycles.